The molecule has 0 radical (unpaired) electrons. The number of nitrogens with zero attached hydrogens (tertiary/aromatic N) is 4. The summed E-state index contributed by atoms with van der Waals surface area (Å²) < 4.78 is 32.7. The third-order valence-corrected chi connectivity index (χ3v) is 6.38. The third-order valence-electron chi connectivity index (χ3n) is 6.38. The normalized spacial score (nSPS) is 22.8. The minimum absolute atomic E-state index is 0.237. The van der Waals surface area contributed by atoms with Gasteiger partial charge in [-0.15, -0.1) is 0 Å². The van der Waals surface area contributed by atoms with Gasteiger partial charge in [-0.1, -0.05) is 12.1 Å². The average molecular weight is 417 g/mol. The smallest absolute Gasteiger partial charge is 0.163 e. The number of aromatic nitrogens is 2. The summed E-state index contributed by atoms with van der Waals surface area (Å²) in [7, 11) is 1.68. The monoisotopic (exact) mass is 416 g/mol. The van der Waals surface area contributed by atoms with Gasteiger partial charge in [0, 0.05) is 63.2 Å². The van der Waals surface area contributed by atoms with Gasteiger partial charge in [-0.2, -0.15) is 0 Å². The summed E-state index contributed by atoms with van der Waals surface area (Å²) in [6.45, 7) is 5.91. The Morgan fingerprint density at radius 3 is 2.57 bits per heavy atom. The Bertz CT molecular complexity index is 848. The number of benzene rings is 1. The topological polar surface area (TPSA) is 41.5 Å². The Morgan fingerprint density at radius 2 is 1.80 bits per heavy atom. The molecule has 1 spiro atoms. The molecule has 1 unspecified atom stereocenters. The van der Waals surface area contributed by atoms with E-state index in [0.29, 0.717) is 18.7 Å². The van der Waals surface area contributed by atoms with E-state index in [9.17, 15) is 8.78 Å². The van der Waals surface area contributed by atoms with Crippen molar-refractivity contribution < 1.29 is 13.5 Å². The minimum atomic E-state index is -0.762. The van der Waals surface area contributed by atoms with Gasteiger partial charge in [0.05, 0.1) is 6.61 Å². The van der Waals surface area contributed by atoms with Crippen molar-refractivity contribution in [3.8, 4) is 0 Å². The Morgan fingerprint density at radius 1 is 1.03 bits per heavy atom. The molecule has 7 heteroatoms. The zero-order valence-corrected chi connectivity index (χ0v) is 17.6. The summed E-state index contributed by atoms with van der Waals surface area (Å²) >= 11 is 0. The van der Waals surface area contributed by atoms with Crippen molar-refractivity contribution in [2.24, 2.45) is 5.41 Å². The molecule has 2 aromatic rings. The lowest BCUT2D eigenvalue weighted by atomic mass is 9.79. The molecule has 2 aliphatic heterocycles. The Kier molecular flexibility index (Phi) is 6.71. The Balaban J connectivity index is 1.33. The van der Waals surface area contributed by atoms with Crippen molar-refractivity contribution in [1.82, 2.24) is 19.8 Å². The molecule has 30 heavy (non-hydrogen) atoms. The molecule has 1 aromatic carbocycles. The van der Waals surface area contributed by atoms with Gasteiger partial charge in [-0.05, 0) is 43.8 Å². The highest BCUT2D eigenvalue weighted by Crippen LogP contribution is 2.39. The summed E-state index contributed by atoms with van der Waals surface area (Å²) in [4.78, 5) is 13.7. The molecule has 162 valence electrons. The molecule has 0 N–H and O–H groups in total. The van der Waals surface area contributed by atoms with Crippen LogP contribution < -0.4 is 0 Å². The van der Waals surface area contributed by atoms with Crippen LogP contribution in [0.3, 0.4) is 0 Å². The molecular weight excluding hydrogens is 386 g/mol. The van der Waals surface area contributed by atoms with Crippen LogP contribution in [0.5, 0.6) is 0 Å². The van der Waals surface area contributed by atoms with Gasteiger partial charge in [0.25, 0.3) is 0 Å². The highest BCUT2D eigenvalue weighted by molar-refractivity contribution is 5.19. The maximum atomic E-state index is 14.1. The van der Waals surface area contributed by atoms with E-state index in [0.717, 1.165) is 63.4 Å². The largest absolute Gasteiger partial charge is 0.384 e. The van der Waals surface area contributed by atoms with Crippen LogP contribution >= 0.6 is 0 Å². The number of ether oxygens (including phenoxy) is 1. The first-order chi connectivity index (χ1) is 14.6. The molecule has 0 bridgehead atoms. The van der Waals surface area contributed by atoms with E-state index < -0.39 is 11.6 Å². The standard InChI is InChI=1S/C23H30F2N4O/c1-30-11-6-21-26-12-18(13-27-21)14-29-10-8-23(17-29)7-3-9-28(16-23)15-19-4-2-5-20(24)22(19)25/h2,4-5,12-13H,3,6-11,14-17H2,1H3. The van der Waals surface area contributed by atoms with Crippen LogP contribution in [0.4, 0.5) is 8.78 Å². The zero-order valence-electron chi connectivity index (χ0n) is 17.6. The molecule has 0 saturated carbocycles. The third kappa shape index (κ3) is 5.02. The molecule has 1 aromatic heterocycles. The van der Waals surface area contributed by atoms with Gasteiger partial charge in [0.15, 0.2) is 11.6 Å². The lowest BCUT2D eigenvalue weighted by Crippen LogP contribution is -2.44. The van der Waals surface area contributed by atoms with Gasteiger partial charge in [0.1, 0.15) is 5.82 Å². The fraction of sp³-hybridized carbons (Fsp3) is 0.565. The molecule has 4 rings (SSSR count). The van der Waals surface area contributed by atoms with Crippen LogP contribution in [0.1, 0.15) is 36.2 Å². The van der Waals surface area contributed by atoms with Crippen molar-refractivity contribution in [3.05, 3.63) is 59.2 Å². The van der Waals surface area contributed by atoms with Crippen molar-refractivity contribution in [2.45, 2.75) is 38.8 Å². The highest BCUT2D eigenvalue weighted by Gasteiger charge is 2.41. The number of hydrogen-bond donors (Lipinski definition) is 0. The van der Waals surface area contributed by atoms with Gasteiger partial charge < -0.3 is 4.74 Å². The first-order valence-corrected chi connectivity index (χ1v) is 10.7. The molecule has 2 saturated heterocycles. The second kappa shape index (κ2) is 9.45. The number of methoxy groups -OCH3 is 1. The quantitative estimate of drug-likeness (QED) is 0.692. The predicted octanol–water partition coefficient (Wildman–Crippen LogP) is 3.43. The van der Waals surface area contributed by atoms with E-state index in [2.05, 4.69) is 19.8 Å². The van der Waals surface area contributed by atoms with Gasteiger partial charge in [-0.25, -0.2) is 18.7 Å². The molecule has 0 amide bonds. The maximum Gasteiger partial charge on any atom is 0.163 e. The van der Waals surface area contributed by atoms with E-state index in [1.165, 1.54) is 12.5 Å². The van der Waals surface area contributed by atoms with E-state index >= 15 is 0 Å². The predicted molar refractivity (Wildman–Crippen MR) is 111 cm³/mol. The average Bonchev–Trinajstić information content (AvgIpc) is 3.12. The fourth-order valence-corrected chi connectivity index (χ4v) is 4.90. The van der Waals surface area contributed by atoms with Gasteiger partial charge in [-0.3, -0.25) is 9.80 Å². The lowest BCUT2D eigenvalue weighted by Gasteiger charge is -2.40. The molecule has 0 aliphatic carbocycles. The number of halogens is 2. The molecule has 2 fully saturated rings. The maximum absolute atomic E-state index is 14.1. The summed E-state index contributed by atoms with van der Waals surface area (Å²) in [5.41, 5.74) is 1.82. The minimum Gasteiger partial charge on any atom is -0.384 e. The SMILES string of the molecule is COCCc1ncc(CN2CCC3(CCCN(Cc4cccc(F)c4F)C3)C2)cn1. The summed E-state index contributed by atoms with van der Waals surface area (Å²) in [6.07, 6.45) is 8.00. The van der Waals surface area contributed by atoms with Gasteiger partial charge in [0.2, 0.25) is 0 Å². The summed E-state index contributed by atoms with van der Waals surface area (Å²) in [5.74, 6) is -0.660. The van der Waals surface area contributed by atoms with Crippen molar-refractivity contribution in [1.29, 1.82) is 0 Å². The Hall–Kier alpha value is -1.96. The summed E-state index contributed by atoms with van der Waals surface area (Å²) in [6, 6.07) is 4.46. The van der Waals surface area contributed by atoms with Crippen LogP contribution in [-0.2, 0) is 24.2 Å². The van der Waals surface area contributed by atoms with Crippen LogP contribution in [0.15, 0.2) is 30.6 Å². The van der Waals surface area contributed by atoms with E-state index in [1.807, 2.05) is 12.4 Å². The van der Waals surface area contributed by atoms with E-state index in [1.54, 1.807) is 19.2 Å². The number of likely N-dealkylation sites (tertiary alicyclic amines) is 2. The number of hydrogen-bond acceptors (Lipinski definition) is 5. The second-order valence-corrected chi connectivity index (χ2v) is 8.74. The van der Waals surface area contributed by atoms with Crippen LogP contribution in [0, 0.1) is 17.0 Å². The fourth-order valence-electron chi connectivity index (χ4n) is 4.90. The molecule has 3 heterocycles. The first-order valence-electron chi connectivity index (χ1n) is 10.7. The Labute approximate surface area is 177 Å². The van der Waals surface area contributed by atoms with Crippen LogP contribution in [-0.4, -0.2) is 59.7 Å². The summed E-state index contributed by atoms with van der Waals surface area (Å²) in [5, 5.41) is 0. The van der Waals surface area contributed by atoms with E-state index in [-0.39, 0.29) is 5.41 Å². The van der Waals surface area contributed by atoms with Crippen LogP contribution in [0.25, 0.3) is 0 Å². The number of rotatable bonds is 7. The van der Waals surface area contributed by atoms with E-state index in [4.69, 9.17) is 4.74 Å². The molecule has 1 atom stereocenters. The lowest BCUT2D eigenvalue weighted by molar-refractivity contribution is 0.0856. The van der Waals surface area contributed by atoms with Crippen molar-refractivity contribution >= 4 is 0 Å². The van der Waals surface area contributed by atoms with Gasteiger partial charge >= 0.3 is 0 Å². The molecule has 5 nitrogen and oxygen atoms in total. The van der Waals surface area contributed by atoms with Crippen molar-refractivity contribution in [3.63, 3.8) is 0 Å². The molecular formula is C23H30F2N4O. The first kappa shape index (κ1) is 21.3. The number of piperidine rings is 1. The van der Waals surface area contributed by atoms with Crippen molar-refractivity contribution in [2.75, 3.05) is 39.9 Å². The second-order valence-electron chi connectivity index (χ2n) is 8.74. The highest BCUT2D eigenvalue weighted by atomic mass is 19.2. The zero-order chi connectivity index (χ0) is 21.0. The molecule has 2 aliphatic rings. The van der Waals surface area contributed by atoms with Crippen LogP contribution in [0.2, 0.25) is 0 Å².